The van der Waals surface area contributed by atoms with Gasteiger partial charge in [-0.15, -0.1) is 0 Å². The van der Waals surface area contributed by atoms with Crippen molar-refractivity contribution >= 4 is 16.8 Å². The molecule has 0 saturated carbocycles. The number of hydrogen-bond acceptors (Lipinski definition) is 3. The molecule has 1 atom stereocenters. The summed E-state index contributed by atoms with van der Waals surface area (Å²) in [7, 11) is 0. The molecule has 28 heavy (non-hydrogen) atoms. The van der Waals surface area contributed by atoms with Crippen LogP contribution in [-0.4, -0.2) is 33.4 Å². The van der Waals surface area contributed by atoms with Crippen LogP contribution in [0, 0.1) is 0 Å². The SMILES string of the molecule is CCN(C(=O)c1cc2ccccc2[nH]1)C1CCC=C(NCc2ccccn2)C1. The maximum Gasteiger partial charge on any atom is 0.270 e. The van der Waals surface area contributed by atoms with Crippen molar-refractivity contribution < 1.29 is 4.79 Å². The lowest BCUT2D eigenvalue weighted by Gasteiger charge is -2.33. The summed E-state index contributed by atoms with van der Waals surface area (Å²) >= 11 is 0. The number of nitrogens with zero attached hydrogens (tertiary/aromatic N) is 2. The molecular formula is C23H26N4O. The zero-order valence-electron chi connectivity index (χ0n) is 16.2. The van der Waals surface area contributed by atoms with Crippen LogP contribution in [0.3, 0.4) is 0 Å². The Balaban J connectivity index is 1.44. The normalized spacial score (nSPS) is 16.6. The number of H-pyrrole nitrogens is 1. The van der Waals surface area contributed by atoms with E-state index in [1.54, 1.807) is 0 Å². The number of benzene rings is 1. The van der Waals surface area contributed by atoms with Crippen LogP contribution in [0.25, 0.3) is 10.9 Å². The van der Waals surface area contributed by atoms with Crippen LogP contribution in [0.15, 0.2) is 66.5 Å². The number of rotatable bonds is 6. The Morgan fingerprint density at radius 2 is 2.11 bits per heavy atom. The van der Waals surface area contributed by atoms with Gasteiger partial charge in [0, 0.05) is 41.8 Å². The quantitative estimate of drug-likeness (QED) is 0.678. The van der Waals surface area contributed by atoms with Crippen LogP contribution >= 0.6 is 0 Å². The molecule has 1 aromatic carbocycles. The molecule has 1 aliphatic rings. The van der Waals surface area contributed by atoms with Crippen molar-refractivity contribution in [3.63, 3.8) is 0 Å². The number of carbonyl (C=O) groups excluding carboxylic acids is 1. The summed E-state index contributed by atoms with van der Waals surface area (Å²) in [5, 5.41) is 4.57. The van der Waals surface area contributed by atoms with E-state index in [0.29, 0.717) is 18.8 Å². The van der Waals surface area contributed by atoms with E-state index in [-0.39, 0.29) is 11.9 Å². The highest BCUT2D eigenvalue weighted by atomic mass is 16.2. The zero-order valence-corrected chi connectivity index (χ0v) is 16.2. The topological polar surface area (TPSA) is 61.0 Å². The van der Waals surface area contributed by atoms with Crippen LogP contribution in [-0.2, 0) is 6.54 Å². The lowest BCUT2D eigenvalue weighted by atomic mass is 9.97. The summed E-state index contributed by atoms with van der Waals surface area (Å²) < 4.78 is 0. The number of para-hydroxylation sites is 1. The molecule has 1 amide bonds. The molecule has 4 rings (SSSR count). The van der Waals surface area contributed by atoms with Crippen molar-refractivity contribution in [1.29, 1.82) is 0 Å². The number of allylic oxidation sites excluding steroid dienone is 1. The Kier molecular flexibility index (Phi) is 5.42. The third-order valence-electron chi connectivity index (χ3n) is 5.37. The molecule has 2 N–H and O–H groups in total. The van der Waals surface area contributed by atoms with E-state index in [0.717, 1.165) is 35.9 Å². The second-order valence-electron chi connectivity index (χ2n) is 7.20. The Morgan fingerprint density at radius 1 is 1.25 bits per heavy atom. The smallest absolute Gasteiger partial charge is 0.270 e. The molecule has 0 spiro atoms. The first-order valence-corrected chi connectivity index (χ1v) is 9.96. The average molecular weight is 374 g/mol. The van der Waals surface area contributed by atoms with E-state index < -0.39 is 0 Å². The van der Waals surface area contributed by atoms with Crippen molar-refractivity contribution in [2.45, 2.75) is 38.8 Å². The summed E-state index contributed by atoms with van der Waals surface area (Å²) in [5.74, 6) is 0.0784. The number of amides is 1. The predicted octanol–water partition coefficient (Wildman–Crippen LogP) is 4.25. The maximum absolute atomic E-state index is 13.2. The van der Waals surface area contributed by atoms with Crippen LogP contribution in [0.4, 0.5) is 0 Å². The van der Waals surface area contributed by atoms with Gasteiger partial charge in [0.25, 0.3) is 5.91 Å². The number of aromatic amines is 1. The highest BCUT2D eigenvalue weighted by Gasteiger charge is 2.27. The van der Waals surface area contributed by atoms with Crippen LogP contribution < -0.4 is 5.32 Å². The molecule has 3 aromatic rings. The van der Waals surface area contributed by atoms with E-state index in [1.165, 1.54) is 5.70 Å². The summed E-state index contributed by atoms with van der Waals surface area (Å²) in [6.07, 6.45) is 6.89. The minimum absolute atomic E-state index is 0.0784. The van der Waals surface area contributed by atoms with Gasteiger partial charge >= 0.3 is 0 Å². The molecule has 0 radical (unpaired) electrons. The number of pyridine rings is 1. The zero-order chi connectivity index (χ0) is 19.3. The molecule has 0 aliphatic heterocycles. The van der Waals surface area contributed by atoms with Gasteiger partial charge in [0.15, 0.2) is 0 Å². The fourth-order valence-electron chi connectivity index (χ4n) is 3.92. The average Bonchev–Trinajstić information content (AvgIpc) is 3.18. The maximum atomic E-state index is 13.2. The van der Waals surface area contributed by atoms with E-state index in [9.17, 15) is 4.79 Å². The van der Waals surface area contributed by atoms with Gasteiger partial charge in [0.1, 0.15) is 5.69 Å². The fraction of sp³-hybridized carbons (Fsp3) is 0.304. The Bertz CT molecular complexity index is 943. The lowest BCUT2D eigenvalue weighted by molar-refractivity contribution is 0.0669. The number of aromatic nitrogens is 2. The summed E-state index contributed by atoms with van der Waals surface area (Å²) in [6, 6.07) is 16.1. The van der Waals surface area contributed by atoms with Crippen LogP contribution in [0.5, 0.6) is 0 Å². The van der Waals surface area contributed by atoms with Crippen LogP contribution in [0.2, 0.25) is 0 Å². The number of hydrogen-bond donors (Lipinski definition) is 2. The molecule has 2 heterocycles. The first-order chi connectivity index (χ1) is 13.7. The van der Waals surface area contributed by atoms with Crippen molar-refractivity contribution in [3.8, 4) is 0 Å². The van der Waals surface area contributed by atoms with Crippen molar-refractivity contribution in [1.82, 2.24) is 20.2 Å². The van der Waals surface area contributed by atoms with E-state index in [4.69, 9.17) is 0 Å². The standard InChI is InChI=1S/C23H26N4O/c1-2-27(23(28)22-14-17-8-3-4-12-21(17)26-22)20-11-7-10-18(15-20)25-16-19-9-5-6-13-24-19/h3-6,8-10,12-14,20,25-26H,2,7,11,15-16H2,1H3. The van der Waals surface area contributed by atoms with Crippen LogP contribution in [0.1, 0.15) is 42.4 Å². The highest BCUT2D eigenvalue weighted by Crippen LogP contribution is 2.24. The third kappa shape index (κ3) is 3.93. The molecule has 5 nitrogen and oxygen atoms in total. The second-order valence-corrected chi connectivity index (χ2v) is 7.20. The molecule has 144 valence electrons. The van der Waals surface area contributed by atoms with Crippen molar-refractivity contribution in [2.75, 3.05) is 6.54 Å². The Labute approximate surface area is 165 Å². The molecular weight excluding hydrogens is 348 g/mol. The molecule has 1 unspecified atom stereocenters. The summed E-state index contributed by atoms with van der Waals surface area (Å²) in [4.78, 5) is 22.8. The van der Waals surface area contributed by atoms with Gasteiger partial charge in [-0.3, -0.25) is 9.78 Å². The summed E-state index contributed by atoms with van der Waals surface area (Å²) in [5.41, 5.74) is 3.89. The number of carbonyl (C=O) groups is 1. The van der Waals surface area contributed by atoms with E-state index in [2.05, 4.69) is 28.3 Å². The first kappa shape index (κ1) is 18.3. The van der Waals surface area contributed by atoms with Gasteiger partial charge in [-0.05, 0) is 44.0 Å². The minimum Gasteiger partial charge on any atom is -0.383 e. The lowest BCUT2D eigenvalue weighted by Crippen LogP contribution is -2.42. The predicted molar refractivity (Wildman–Crippen MR) is 112 cm³/mol. The van der Waals surface area contributed by atoms with Gasteiger partial charge in [0.05, 0.1) is 12.2 Å². The van der Waals surface area contributed by atoms with E-state index >= 15 is 0 Å². The van der Waals surface area contributed by atoms with Gasteiger partial charge in [-0.1, -0.05) is 30.3 Å². The number of nitrogens with one attached hydrogen (secondary N) is 2. The molecule has 0 fully saturated rings. The summed E-state index contributed by atoms with van der Waals surface area (Å²) in [6.45, 7) is 3.47. The van der Waals surface area contributed by atoms with Crippen molar-refractivity contribution in [2.24, 2.45) is 0 Å². The second kappa shape index (κ2) is 8.30. The molecule has 1 aliphatic carbocycles. The fourth-order valence-corrected chi connectivity index (χ4v) is 3.92. The van der Waals surface area contributed by atoms with Gasteiger partial charge in [-0.25, -0.2) is 0 Å². The number of fused-ring (bicyclic) bond motifs is 1. The monoisotopic (exact) mass is 374 g/mol. The Hall–Kier alpha value is -3.08. The van der Waals surface area contributed by atoms with Gasteiger partial charge in [0.2, 0.25) is 0 Å². The first-order valence-electron chi connectivity index (χ1n) is 9.96. The van der Waals surface area contributed by atoms with Gasteiger partial charge < -0.3 is 15.2 Å². The van der Waals surface area contributed by atoms with E-state index in [1.807, 2.05) is 59.6 Å². The minimum atomic E-state index is 0.0784. The third-order valence-corrected chi connectivity index (χ3v) is 5.37. The molecule has 0 saturated heterocycles. The highest BCUT2D eigenvalue weighted by molar-refractivity contribution is 5.98. The molecule has 0 bridgehead atoms. The molecule has 5 heteroatoms. The largest absolute Gasteiger partial charge is 0.383 e. The molecule has 2 aromatic heterocycles. The van der Waals surface area contributed by atoms with Gasteiger partial charge in [-0.2, -0.15) is 0 Å². The van der Waals surface area contributed by atoms with Crippen molar-refractivity contribution in [3.05, 3.63) is 77.9 Å². The Morgan fingerprint density at radius 3 is 2.89 bits per heavy atom.